The van der Waals surface area contributed by atoms with E-state index in [1.54, 1.807) is 37.3 Å². The molecule has 0 atom stereocenters. The lowest BCUT2D eigenvalue weighted by Gasteiger charge is -2.08. The van der Waals surface area contributed by atoms with Gasteiger partial charge >= 0.3 is 0 Å². The highest BCUT2D eigenvalue weighted by molar-refractivity contribution is 5.90. The van der Waals surface area contributed by atoms with Crippen LogP contribution in [0.15, 0.2) is 41.2 Å². The molecule has 0 aliphatic carbocycles. The molecule has 2 rings (SSSR count). The minimum absolute atomic E-state index is 0.117. The molecule has 21 heavy (non-hydrogen) atoms. The Morgan fingerprint density at radius 2 is 1.95 bits per heavy atom. The van der Waals surface area contributed by atoms with Gasteiger partial charge in [0.15, 0.2) is 0 Å². The monoisotopic (exact) mass is 287 g/mol. The van der Waals surface area contributed by atoms with E-state index in [4.69, 9.17) is 4.74 Å². The Kier molecular flexibility index (Phi) is 4.71. The first-order chi connectivity index (χ1) is 10.1. The fourth-order valence-corrected chi connectivity index (χ4v) is 1.80. The van der Waals surface area contributed by atoms with Gasteiger partial charge in [-0.1, -0.05) is 0 Å². The quantitative estimate of drug-likeness (QED) is 0.906. The van der Waals surface area contributed by atoms with Crippen molar-refractivity contribution in [2.75, 3.05) is 11.9 Å². The van der Waals surface area contributed by atoms with E-state index in [9.17, 15) is 9.59 Å². The van der Waals surface area contributed by atoms with Crippen molar-refractivity contribution in [3.05, 3.63) is 52.4 Å². The van der Waals surface area contributed by atoms with Crippen molar-refractivity contribution in [1.29, 1.82) is 0 Å². The van der Waals surface area contributed by atoms with E-state index in [1.807, 2.05) is 6.92 Å². The van der Waals surface area contributed by atoms with Gasteiger partial charge in [0.25, 0.3) is 5.56 Å². The number of hydrogen-bond donors (Lipinski definition) is 1. The number of ether oxygens (including phenoxy) is 1. The first kappa shape index (κ1) is 14.8. The summed E-state index contributed by atoms with van der Waals surface area (Å²) in [6, 6.07) is 10.0. The highest BCUT2D eigenvalue weighted by atomic mass is 16.5. The van der Waals surface area contributed by atoms with E-state index in [2.05, 4.69) is 10.4 Å². The topological polar surface area (TPSA) is 73.2 Å². The lowest BCUT2D eigenvalue weighted by atomic mass is 10.3. The van der Waals surface area contributed by atoms with E-state index >= 15 is 0 Å². The molecule has 1 amide bonds. The lowest BCUT2D eigenvalue weighted by molar-refractivity contribution is -0.117. The molecule has 1 aromatic carbocycles. The molecule has 1 aromatic heterocycles. The zero-order valence-electron chi connectivity index (χ0n) is 12.0. The summed E-state index contributed by atoms with van der Waals surface area (Å²) in [5.41, 5.74) is 1.02. The molecule has 1 heterocycles. The van der Waals surface area contributed by atoms with Gasteiger partial charge in [0, 0.05) is 11.8 Å². The number of hydrogen-bond acceptors (Lipinski definition) is 4. The van der Waals surface area contributed by atoms with Crippen molar-refractivity contribution in [2.45, 2.75) is 20.4 Å². The maximum Gasteiger partial charge on any atom is 0.267 e. The fourth-order valence-electron chi connectivity index (χ4n) is 1.80. The summed E-state index contributed by atoms with van der Waals surface area (Å²) in [5, 5.41) is 6.73. The molecule has 0 saturated heterocycles. The molecular formula is C15H17N3O3. The molecule has 6 nitrogen and oxygen atoms in total. The summed E-state index contributed by atoms with van der Waals surface area (Å²) in [5.74, 6) is 0.437. The first-order valence-electron chi connectivity index (χ1n) is 6.66. The Morgan fingerprint density at radius 1 is 1.24 bits per heavy atom. The predicted molar refractivity (Wildman–Crippen MR) is 79.5 cm³/mol. The third-order valence-electron chi connectivity index (χ3n) is 2.74. The summed E-state index contributed by atoms with van der Waals surface area (Å²) in [7, 11) is 0. The number of anilines is 1. The minimum atomic E-state index is -0.306. The predicted octanol–water partition coefficient (Wildman–Crippen LogP) is 1.59. The molecule has 0 spiro atoms. The Labute approximate surface area is 122 Å². The average Bonchev–Trinajstić information content (AvgIpc) is 2.45. The summed E-state index contributed by atoms with van der Waals surface area (Å²) >= 11 is 0. The normalized spacial score (nSPS) is 10.2. The number of carbonyl (C=O) groups is 1. The van der Waals surface area contributed by atoms with Crippen LogP contribution in [-0.2, 0) is 11.3 Å². The van der Waals surface area contributed by atoms with Crippen LogP contribution in [0.2, 0.25) is 0 Å². The van der Waals surface area contributed by atoms with Crippen LogP contribution in [0.5, 0.6) is 5.75 Å². The number of amides is 1. The van der Waals surface area contributed by atoms with Gasteiger partial charge < -0.3 is 10.1 Å². The smallest absolute Gasteiger partial charge is 0.267 e. The molecule has 0 radical (unpaired) electrons. The number of aryl methyl sites for hydroxylation is 1. The maximum absolute atomic E-state index is 11.9. The summed E-state index contributed by atoms with van der Waals surface area (Å²) in [6.07, 6.45) is 0. The summed E-state index contributed by atoms with van der Waals surface area (Å²) in [6.45, 7) is 4.14. The van der Waals surface area contributed by atoms with Crippen molar-refractivity contribution in [3.8, 4) is 5.75 Å². The second-order valence-electron chi connectivity index (χ2n) is 4.48. The molecule has 0 bridgehead atoms. The first-order valence-corrected chi connectivity index (χ1v) is 6.66. The molecule has 0 aliphatic rings. The largest absolute Gasteiger partial charge is 0.494 e. The van der Waals surface area contributed by atoms with Crippen LogP contribution in [0, 0.1) is 6.92 Å². The lowest BCUT2D eigenvalue weighted by Crippen LogP contribution is -2.29. The number of nitrogens with zero attached hydrogens (tertiary/aromatic N) is 2. The van der Waals surface area contributed by atoms with Crippen LogP contribution < -0.4 is 15.6 Å². The zero-order valence-corrected chi connectivity index (χ0v) is 12.0. The number of nitrogens with one attached hydrogen (secondary N) is 1. The van der Waals surface area contributed by atoms with Crippen LogP contribution in [0.4, 0.5) is 5.69 Å². The molecule has 0 unspecified atom stereocenters. The van der Waals surface area contributed by atoms with Crippen LogP contribution in [0.1, 0.15) is 12.6 Å². The molecular weight excluding hydrogens is 270 g/mol. The van der Waals surface area contributed by atoms with Gasteiger partial charge in [-0.15, -0.1) is 0 Å². The molecule has 2 aromatic rings. The second-order valence-corrected chi connectivity index (χ2v) is 4.48. The van der Waals surface area contributed by atoms with Crippen LogP contribution >= 0.6 is 0 Å². The van der Waals surface area contributed by atoms with Gasteiger partial charge in [-0.25, -0.2) is 4.68 Å². The molecule has 110 valence electrons. The number of benzene rings is 1. The highest BCUT2D eigenvalue weighted by Gasteiger charge is 2.06. The molecule has 0 saturated carbocycles. The van der Waals surface area contributed by atoms with Gasteiger partial charge in [0.2, 0.25) is 5.91 Å². The van der Waals surface area contributed by atoms with Gasteiger partial charge in [0.05, 0.1) is 12.3 Å². The Morgan fingerprint density at radius 3 is 2.62 bits per heavy atom. The average molecular weight is 287 g/mol. The van der Waals surface area contributed by atoms with E-state index in [1.165, 1.54) is 6.07 Å². The highest BCUT2D eigenvalue weighted by Crippen LogP contribution is 2.15. The standard InChI is InChI=1S/C15H17N3O3/c1-3-21-13-7-5-12(6-8-13)16-14(19)10-18-15(20)9-4-11(2)17-18/h4-9H,3,10H2,1-2H3,(H,16,19). The summed E-state index contributed by atoms with van der Waals surface area (Å²) < 4.78 is 6.46. The van der Waals surface area contributed by atoms with E-state index in [0.29, 0.717) is 18.0 Å². The fraction of sp³-hybridized carbons (Fsp3) is 0.267. The molecule has 0 aliphatic heterocycles. The minimum Gasteiger partial charge on any atom is -0.494 e. The summed E-state index contributed by atoms with van der Waals surface area (Å²) in [4.78, 5) is 23.5. The maximum atomic E-state index is 11.9. The van der Waals surface area contributed by atoms with E-state index in [-0.39, 0.29) is 18.0 Å². The Balaban J connectivity index is 2.01. The van der Waals surface area contributed by atoms with Gasteiger partial charge in [-0.2, -0.15) is 5.10 Å². The van der Waals surface area contributed by atoms with Crippen LogP contribution in [-0.4, -0.2) is 22.3 Å². The molecule has 1 N–H and O–H groups in total. The molecule has 6 heteroatoms. The van der Waals surface area contributed by atoms with Crippen molar-refractivity contribution >= 4 is 11.6 Å². The van der Waals surface area contributed by atoms with Crippen molar-refractivity contribution in [2.24, 2.45) is 0 Å². The third kappa shape index (κ3) is 4.17. The van der Waals surface area contributed by atoms with Gasteiger partial charge in [-0.3, -0.25) is 9.59 Å². The van der Waals surface area contributed by atoms with Crippen molar-refractivity contribution in [1.82, 2.24) is 9.78 Å². The van der Waals surface area contributed by atoms with E-state index < -0.39 is 0 Å². The SMILES string of the molecule is CCOc1ccc(NC(=O)Cn2nc(C)ccc2=O)cc1. The van der Waals surface area contributed by atoms with Gasteiger partial charge in [-0.05, 0) is 44.2 Å². The second kappa shape index (κ2) is 6.69. The number of rotatable bonds is 5. The van der Waals surface area contributed by atoms with Gasteiger partial charge in [0.1, 0.15) is 12.3 Å². The van der Waals surface area contributed by atoms with E-state index in [0.717, 1.165) is 10.4 Å². The third-order valence-corrected chi connectivity index (χ3v) is 2.74. The Hall–Kier alpha value is -2.63. The van der Waals surface area contributed by atoms with Crippen LogP contribution in [0.3, 0.4) is 0 Å². The van der Waals surface area contributed by atoms with Crippen molar-refractivity contribution < 1.29 is 9.53 Å². The zero-order chi connectivity index (χ0) is 15.2. The number of aromatic nitrogens is 2. The van der Waals surface area contributed by atoms with Crippen molar-refractivity contribution in [3.63, 3.8) is 0 Å². The molecule has 0 fully saturated rings. The Bertz CT molecular complexity index is 677. The van der Waals surface area contributed by atoms with Crippen LogP contribution in [0.25, 0.3) is 0 Å². The number of carbonyl (C=O) groups excluding carboxylic acids is 1.